The number of hydrogen-bond donors (Lipinski definition) is 1. The van der Waals surface area contributed by atoms with Gasteiger partial charge in [0.1, 0.15) is 11.9 Å². The predicted octanol–water partition coefficient (Wildman–Crippen LogP) is 3.49. The van der Waals surface area contributed by atoms with Crippen molar-refractivity contribution in [2.75, 3.05) is 19.7 Å². The van der Waals surface area contributed by atoms with Gasteiger partial charge in [-0.15, -0.1) is 0 Å². The molecule has 20 heavy (non-hydrogen) atoms. The van der Waals surface area contributed by atoms with Crippen LogP contribution in [0.25, 0.3) is 0 Å². The average molecular weight is 298 g/mol. The lowest BCUT2D eigenvalue weighted by Crippen LogP contribution is -2.34. The van der Waals surface area contributed by atoms with E-state index in [0.29, 0.717) is 6.10 Å². The molecule has 0 amide bonds. The van der Waals surface area contributed by atoms with Crippen LogP contribution < -0.4 is 10.1 Å². The van der Waals surface area contributed by atoms with E-state index in [1.165, 1.54) is 6.42 Å². The van der Waals surface area contributed by atoms with E-state index in [2.05, 4.69) is 12.2 Å². The summed E-state index contributed by atoms with van der Waals surface area (Å²) in [4.78, 5) is 0. The summed E-state index contributed by atoms with van der Waals surface area (Å²) in [5.41, 5.74) is 2.11. The average Bonchev–Trinajstić information content (AvgIpc) is 2.89. The quantitative estimate of drug-likeness (QED) is 0.872. The third-order valence-corrected chi connectivity index (χ3v) is 4.17. The molecule has 1 aromatic rings. The maximum Gasteiger partial charge on any atom is 0.120 e. The molecule has 3 nitrogen and oxygen atoms in total. The van der Waals surface area contributed by atoms with Crippen LogP contribution in [0, 0.1) is 13.8 Å². The molecule has 0 radical (unpaired) electrons. The first kappa shape index (κ1) is 15.6. The molecular formula is C16H24ClNO2. The summed E-state index contributed by atoms with van der Waals surface area (Å²) in [5.74, 6) is 0.885. The Hall–Kier alpha value is -0.770. The minimum Gasteiger partial charge on any atom is -0.489 e. The van der Waals surface area contributed by atoms with Gasteiger partial charge in [-0.2, -0.15) is 0 Å². The van der Waals surface area contributed by atoms with Crippen LogP contribution in [0.1, 0.15) is 30.9 Å². The molecule has 112 valence electrons. The molecular weight excluding hydrogens is 274 g/mol. The van der Waals surface area contributed by atoms with E-state index in [1.807, 2.05) is 26.0 Å². The molecule has 1 fully saturated rings. The lowest BCUT2D eigenvalue weighted by Gasteiger charge is -2.18. The Balaban J connectivity index is 1.77. The number of rotatable bonds is 6. The van der Waals surface area contributed by atoms with Crippen molar-refractivity contribution in [3.63, 3.8) is 0 Å². The standard InChI is InChI=1S/C16H24ClNO2/c1-11-7-15(8-12(2)16(11)17)20-13(3)9-18-10-14-5-4-6-19-14/h7-8,13-14,18H,4-6,9-10H2,1-3H3. The van der Waals surface area contributed by atoms with Crippen LogP contribution in [0.4, 0.5) is 0 Å². The zero-order chi connectivity index (χ0) is 14.5. The second-order valence-corrected chi connectivity index (χ2v) is 5.97. The highest BCUT2D eigenvalue weighted by atomic mass is 35.5. The van der Waals surface area contributed by atoms with Gasteiger partial charge < -0.3 is 14.8 Å². The van der Waals surface area contributed by atoms with Crippen LogP contribution >= 0.6 is 11.6 Å². The van der Waals surface area contributed by atoms with Crippen LogP contribution in [-0.2, 0) is 4.74 Å². The van der Waals surface area contributed by atoms with Crippen LogP contribution in [0.5, 0.6) is 5.75 Å². The number of hydrogen-bond acceptors (Lipinski definition) is 3. The Bertz CT molecular complexity index is 421. The van der Waals surface area contributed by atoms with Gasteiger partial charge in [-0.25, -0.2) is 0 Å². The molecule has 2 atom stereocenters. The molecule has 1 heterocycles. The number of nitrogens with one attached hydrogen (secondary N) is 1. The molecule has 1 aromatic carbocycles. The molecule has 2 unspecified atom stereocenters. The first-order chi connectivity index (χ1) is 9.56. The van der Waals surface area contributed by atoms with Gasteiger partial charge in [0.15, 0.2) is 0 Å². The topological polar surface area (TPSA) is 30.5 Å². The van der Waals surface area contributed by atoms with Gasteiger partial charge in [0.2, 0.25) is 0 Å². The summed E-state index contributed by atoms with van der Waals surface area (Å²) < 4.78 is 11.5. The van der Waals surface area contributed by atoms with Crippen molar-refractivity contribution in [3.8, 4) is 5.75 Å². The molecule has 1 aliphatic heterocycles. The van der Waals surface area contributed by atoms with Crippen molar-refractivity contribution < 1.29 is 9.47 Å². The summed E-state index contributed by atoms with van der Waals surface area (Å²) in [6.45, 7) is 8.71. The Labute approximate surface area is 126 Å². The highest BCUT2D eigenvalue weighted by Crippen LogP contribution is 2.26. The smallest absolute Gasteiger partial charge is 0.120 e. The zero-order valence-electron chi connectivity index (χ0n) is 12.5. The zero-order valence-corrected chi connectivity index (χ0v) is 13.3. The van der Waals surface area contributed by atoms with E-state index in [4.69, 9.17) is 21.1 Å². The molecule has 0 bridgehead atoms. The summed E-state index contributed by atoms with van der Waals surface area (Å²) in [5, 5.41) is 4.23. The van der Waals surface area contributed by atoms with Crippen molar-refractivity contribution in [1.82, 2.24) is 5.32 Å². The SMILES string of the molecule is Cc1cc(OC(C)CNCC2CCCO2)cc(C)c1Cl. The lowest BCUT2D eigenvalue weighted by molar-refractivity contribution is 0.106. The summed E-state index contributed by atoms with van der Waals surface area (Å²) in [6, 6.07) is 3.98. The maximum absolute atomic E-state index is 6.16. The minimum atomic E-state index is 0.122. The summed E-state index contributed by atoms with van der Waals surface area (Å²) in [6.07, 6.45) is 2.85. The Morgan fingerprint density at radius 3 is 2.70 bits per heavy atom. The number of ether oxygens (including phenoxy) is 2. The number of aryl methyl sites for hydroxylation is 2. The van der Waals surface area contributed by atoms with E-state index in [9.17, 15) is 0 Å². The molecule has 2 rings (SSSR count). The maximum atomic E-state index is 6.16. The van der Waals surface area contributed by atoms with Crippen molar-refractivity contribution >= 4 is 11.6 Å². The van der Waals surface area contributed by atoms with Crippen LogP contribution in [0.2, 0.25) is 5.02 Å². The fraction of sp³-hybridized carbons (Fsp3) is 0.625. The molecule has 1 saturated heterocycles. The van der Waals surface area contributed by atoms with Gasteiger partial charge in [-0.3, -0.25) is 0 Å². The van der Waals surface area contributed by atoms with E-state index in [1.54, 1.807) is 0 Å². The Morgan fingerprint density at radius 1 is 1.40 bits per heavy atom. The first-order valence-electron chi connectivity index (χ1n) is 7.32. The summed E-state index contributed by atoms with van der Waals surface area (Å²) in [7, 11) is 0. The molecule has 1 aliphatic rings. The predicted molar refractivity (Wildman–Crippen MR) is 82.9 cm³/mol. The van der Waals surface area contributed by atoms with E-state index < -0.39 is 0 Å². The molecule has 1 N–H and O–H groups in total. The molecule has 0 aliphatic carbocycles. The fourth-order valence-corrected chi connectivity index (χ4v) is 2.61. The van der Waals surface area contributed by atoms with Crippen molar-refractivity contribution in [2.45, 2.75) is 45.8 Å². The van der Waals surface area contributed by atoms with Gasteiger partial charge in [-0.1, -0.05) is 11.6 Å². The number of halogens is 1. The fourth-order valence-electron chi connectivity index (χ4n) is 2.50. The van der Waals surface area contributed by atoms with E-state index in [-0.39, 0.29) is 6.10 Å². The first-order valence-corrected chi connectivity index (χ1v) is 7.70. The molecule has 0 spiro atoms. The third-order valence-electron chi connectivity index (χ3n) is 3.58. The Kier molecular flexibility index (Phi) is 5.70. The van der Waals surface area contributed by atoms with Crippen molar-refractivity contribution in [2.24, 2.45) is 0 Å². The van der Waals surface area contributed by atoms with Gasteiger partial charge in [0.25, 0.3) is 0 Å². The Morgan fingerprint density at radius 2 is 2.10 bits per heavy atom. The normalized spacial score (nSPS) is 20.1. The van der Waals surface area contributed by atoms with Crippen molar-refractivity contribution in [3.05, 3.63) is 28.3 Å². The molecule has 0 aromatic heterocycles. The second kappa shape index (κ2) is 7.30. The van der Waals surface area contributed by atoms with Gasteiger partial charge in [0, 0.05) is 24.7 Å². The van der Waals surface area contributed by atoms with Crippen LogP contribution in [0.3, 0.4) is 0 Å². The minimum absolute atomic E-state index is 0.122. The third kappa shape index (κ3) is 4.37. The largest absolute Gasteiger partial charge is 0.489 e. The number of benzene rings is 1. The van der Waals surface area contributed by atoms with E-state index in [0.717, 1.165) is 48.0 Å². The summed E-state index contributed by atoms with van der Waals surface area (Å²) >= 11 is 6.16. The van der Waals surface area contributed by atoms with Crippen LogP contribution in [0.15, 0.2) is 12.1 Å². The van der Waals surface area contributed by atoms with Gasteiger partial charge in [-0.05, 0) is 56.9 Å². The lowest BCUT2D eigenvalue weighted by atomic mass is 10.1. The van der Waals surface area contributed by atoms with E-state index >= 15 is 0 Å². The van der Waals surface area contributed by atoms with Crippen molar-refractivity contribution in [1.29, 1.82) is 0 Å². The van der Waals surface area contributed by atoms with Crippen LogP contribution in [-0.4, -0.2) is 31.9 Å². The second-order valence-electron chi connectivity index (χ2n) is 5.59. The highest BCUT2D eigenvalue weighted by molar-refractivity contribution is 6.32. The monoisotopic (exact) mass is 297 g/mol. The highest BCUT2D eigenvalue weighted by Gasteiger charge is 2.15. The molecule has 0 saturated carbocycles. The van der Waals surface area contributed by atoms with Gasteiger partial charge >= 0.3 is 0 Å². The van der Waals surface area contributed by atoms with Gasteiger partial charge in [0.05, 0.1) is 6.10 Å². The molecule has 4 heteroatoms.